The Labute approximate surface area is 167 Å². The first-order valence-electron chi connectivity index (χ1n) is 8.44. The van der Waals surface area contributed by atoms with E-state index in [1.54, 1.807) is 48.7 Å². The van der Waals surface area contributed by atoms with Crippen molar-refractivity contribution in [3.05, 3.63) is 82.6 Å². The number of halogens is 1. The van der Waals surface area contributed by atoms with Crippen molar-refractivity contribution < 1.29 is 14.3 Å². The summed E-state index contributed by atoms with van der Waals surface area (Å²) in [6.07, 6.45) is 3.09. The first-order valence-corrected chi connectivity index (χ1v) is 8.82. The zero-order valence-electron chi connectivity index (χ0n) is 15.3. The van der Waals surface area contributed by atoms with Gasteiger partial charge in [-0.2, -0.15) is 0 Å². The molecule has 3 aromatic rings. The molecule has 0 atom stereocenters. The highest BCUT2D eigenvalue weighted by Crippen LogP contribution is 2.21. The molecule has 1 aromatic heterocycles. The minimum atomic E-state index is -0.400. The summed E-state index contributed by atoms with van der Waals surface area (Å²) >= 11 is 6.10. The summed E-state index contributed by atoms with van der Waals surface area (Å²) < 4.78 is 4.68. The van der Waals surface area contributed by atoms with Crippen molar-refractivity contribution in [1.82, 2.24) is 4.98 Å². The molecule has 0 saturated heterocycles. The molecule has 1 amide bonds. The first kappa shape index (κ1) is 19.4. The molecule has 0 aliphatic carbocycles. The van der Waals surface area contributed by atoms with E-state index in [1.165, 1.54) is 13.3 Å². The molecule has 7 heteroatoms. The van der Waals surface area contributed by atoms with Crippen LogP contribution in [-0.2, 0) is 4.74 Å². The van der Waals surface area contributed by atoms with E-state index < -0.39 is 5.97 Å². The van der Waals surface area contributed by atoms with Crippen LogP contribution >= 0.6 is 11.6 Å². The molecule has 3 rings (SSSR count). The number of aryl methyl sites for hydroxylation is 1. The number of benzene rings is 2. The Morgan fingerprint density at radius 1 is 0.929 bits per heavy atom. The number of amides is 1. The number of hydrogen-bond donors (Lipinski definition) is 2. The molecule has 0 unspecified atom stereocenters. The highest BCUT2D eigenvalue weighted by molar-refractivity contribution is 6.31. The lowest BCUT2D eigenvalue weighted by molar-refractivity contribution is 0.0600. The number of hydrogen-bond acceptors (Lipinski definition) is 5. The van der Waals surface area contributed by atoms with Crippen LogP contribution in [0.3, 0.4) is 0 Å². The third-order valence-electron chi connectivity index (χ3n) is 4.02. The van der Waals surface area contributed by atoms with Gasteiger partial charge in [0.05, 0.1) is 30.1 Å². The van der Waals surface area contributed by atoms with Crippen LogP contribution in [0.1, 0.15) is 26.3 Å². The van der Waals surface area contributed by atoms with Crippen LogP contribution in [0, 0.1) is 6.92 Å². The van der Waals surface area contributed by atoms with Gasteiger partial charge in [0.2, 0.25) is 0 Å². The van der Waals surface area contributed by atoms with Gasteiger partial charge >= 0.3 is 5.97 Å². The molecule has 28 heavy (non-hydrogen) atoms. The highest BCUT2D eigenvalue weighted by Gasteiger charge is 2.09. The number of nitrogens with one attached hydrogen (secondary N) is 2. The van der Waals surface area contributed by atoms with E-state index in [0.29, 0.717) is 27.5 Å². The van der Waals surface area contributed by atoms with Crippen molar-refractivity contribution in [2.24, 2.45) is 0 Å². The third-order valence-corrected chi connectivity index (χ3v) is 4.43. The number of carbonyl (C=O) groups is 2. The Morgan fingerprint density at radius 3 is 2.32 bits per heavy atom. The van der Waals surface area contributed by atoms with E-state index in [9.17, 15) is 9.59 Å². The van der Waals surface area contributed by atoms with Crippen molar-refractivity contribution in [3.8, 4) is 0 Å². The fraction of sp³-hybridized carbons (Fsp3) is 0.0952. The van der Waals surface area contributed by atoms with Gasteiger partial charge in [-0.3, -0.25) is 9.78 Å². The second-order valence-electron chi connectivity index (χ2n) is 6.07. The summed E-state index contributed by atoms with van der Waals surface area (Å²) in [5, 5.41) is 6.53. The summed E-state index contributed by atoms with van der Waals surface area (Å²) in [5.74, 6) is -0.694. The average Bonchev–Trinajstić information content (AvgIpc) is 2.71. The predicted octanol–water partition coefficient (Wildman–Crippen LogP) is 4.83. The van der Waals surface area contributed by atoms with Crippen LogP contribution in [0.25, 0.3) is 0 Å². The number of ether oxygens (including phenoxy) is 1. The summed E-state index contributed by atoms with van der Waals surface area (Å²) in [4.78, 5) is 28.1. The van der Waals surface area contributed by atoms with Crippen molar-refractivity contribution in [1.29, 1.82) is 0 Å². The molecule has 0 bridgehead atoms. The molecule has 1 heterocycles. The van der Waals surface area contributed by atoms with Crippen LogP contribution in [0.4, 0.5) is 17.1 Å². The third kappa shape index (κ3) is 4.66. The summed E-state index contributed by atoms with van der Waals surface area (Å²) in [6, 6.07) is 13.8. The largest absolute Gasteiger partial charge is 0.465 e. The Bertz CT molecular complexity index is 1020. The number of pyridine rings is 1. The zero-order chi connectivity index (χ0) is 20.1. The molecule has 0 aliphatic heterocycles. The summed E-state index contributed by atoms with van der Waals surface area (Å²) in [6.45, 7) is 1.89. The summed E-state index contributed by atoms with van der Waals surface area (Å²) in [7, 11) is 1.33. The molecule has 0 radical (unpaired) electrons. The van der Waals surface area contributed by atoms with Gasteiger partial charge in [0.25, 0.3) is 5.91 Å². The minimum absolute atomic E-state index is 0.294. The molecule has 0 saturated carbocycles. The Morgan fingerprint density at radius 2 is 1.64 bits per heavy atom. The maximum Gasteiger partial charge on any atom is 0.337 e. The predicted molar refractivity (Wildman–Crippen MR) is 109 cm³/mol. The molecule has 2 N–H and O–H groups in total. The van der Waals surface area contributed by atoms with Crippen LogP contribution in [0.15, 0.2) is 60.9 Å². The van der Waals surface area contributed by atoms with E-state index in [-0.39, 0.29) is 5.91 Å². The molecule has 2 aromatic carbocycles. The normalized spacial score (nSPS) is 10.2. The van der Waals surface area contributed by atoms with Gasteiger partial charge in [-0.25, -0.2) is 4.79 Å². The maximum atomic E-state index is 12.5. The van der Waals surface area contributed by atoms with E-state index >= 15 is 0 Å². The SMILES string of the molecule is COC(=O)c1ccc(Nc2cncc(C(=O)Nc3ccc(C)c(Cl)c3)c2)cc1. The number of nitrogens with zero attached hydrogens (tertiary/aromatic N) is 1. The minimum Gasteiger partial charge on any atom is -0.465 e. The average molecular weight is 396 g/mol. The van der Waals surface area contributed by atoms with Crippen molar-refractivity contribution in [2.45, 2.75) is 6.92 Å². The highest BCUT2D eigenvalue weighted by atomic mass is 35.5. The summed E-state index contributed by atoms with van der Waals surface area (Å²) in [5.41, 5.74) is 3.78. The molecule has 6 nitrogen and oxygen atoms in total. The molecular weight excluding hydrogens is 378 g/mol. The van der Waals surface area contributed by atoms with Crippen molar-refractivity contribution in [3.63, 3.8) is 0 Å². The fourth-order valence-corrected chi connectivity index (χ4v) is 2.66. The van der Waals surface area contributed by atoms with Gasteiger partial charge in [0.1, 0.15) is 0 Å². The van der Waals surface area contributed by atoms with Crippen LogP contribution < -0.4 is 10.6 Å². The lowest BCUT2D eigenvalue weighted by Crippen LogP contribution is -2.12. The number of anilines is 3. The number of carbonyl (C=O) groups excluding carboxylic acids is 2. The van der Waals surface area contributed by atoms with Gasteiger partial charge in [-0.05, 0) is 55.0 Å². The van der Waals surface area contributed by atoms with E-state index in [0.717, 1.165) is 11.3 Å². The standard InChI is InChI=1S/C21H18ClN3O3/c1-13-3-6-17(10-19(13)22)25-20(26)15-9-18(12-23-11-15)24-16-7-4-14(5-8-16)21(27)28-2/h3-12,24H,1-2H3,(H,25,26). The van der Waals surface area contributed by atoms with Crippen LogP contribution in [0.2, 0.25) is 5.02 Å². The Balaban J connectivity index is 1.71. The van der Waals surface area contributed by atoms with Gasteiger partial charge in [0, 0.05) is 22.6 Å². The number of aromatic nitrogens is 1. The van der Waals surface area contributed by atoms with Crippen molar-refractivity contribution >= 4 is 40.5 Å². The number of esters is 1. The molecule has 0 aliphatic rings. The van der Waals surface area contributed by atoms with Gasteiger partial charge in [-0.15, -0.1) is 0 Å². The van der Waals surface area contributed by atoms with Crippen molar-refractivity contribution in [2.75, 3.05) is 17.7 Å². The molecule has 142 valence electrons. The zero-order valence-corrected chi connectivity index (χ0v) is 16.1. The molecule has 0 spiro atoms. The Kier molecular flexibility index (Phi) is 5.91. The van der Waals surface area contributed by atoms with Crippen LogP contribution in [-0.4, -0.2) is 24.0 Å². The Hall–Kier alpha value is -3.38. The van der Waals surface area contributed by atoms with Gasteiger partial charge < -0.3 is 15.4 Å². The second kappa shape index (κ2) is 8.54. The lowest BCUT2D eigenvalue weighted by Gasteiger charge is -2.10. The smallest absolute Gasteiger partial charge is 0.337 e. The van der Waals surface area contributed by atoms with E-state index in [2.05, 4.69) is 20.4 Å². The first-order chi connectivity index (χ1) is 13.5. The van der Waals surface area contributed by atoms with E-state index in [4.69, 9.17) is 11.6 Å². The fourth-order valence-electron chi connectivity index (χ4n) is 2.48. The van der Waals surface area contributed by atoms with Crippen LogP contribution in [0.5, 0.6) is 0 Å². The van der Waals surface area contributed by atoms with Gasteiger partial charge in [0.15, 0.2) is 0 Å². The monoisotopic (exact) mass is 395 g/mol. The number of rotatable bonds is 5. The maximum absolute atomic E-state index is 12.5. The second-order valence-corrected chi connectivity index (χ2v) is 6.48. The quantitative estimate of drug-likeness (QED) is 0.605. The molecular formula is C21H18ClN3O3. The number of methoxy groups -OCH3 is 1. The molecule has 0 fully saturated rings. The van der Waals surface area contributed by atoms with E-state index in [1.807, 2.05) is 13.0 Å². The lowest BCUT2D eigenvalue weighted by atomic mass is 10.2. The topological polar surface area (TPSA) is 80.3 Å². The van der Waals surface area contributed by atoms with Gasteiger partial charge in [-0.1, -0.05) is 17.7 Å².